The third-order valence-electron chi connectivity index (χ3n) is 1.70. The molecule has 0 heterocycles. The topological polar surface area (TPSA) is 46.3 Å². The Morgan fingerprint density at radius 1 is 1.46 bits per heavy atom. The summed E-state index contributed by atoms with van der Waals surface area (Å²) >= 11 is 0. The number of nitrogens with zero attached hydrogens (tertiary/aromatic N) is 1. The van der Waals surface area contributed by atoms with Crippen LogP contribution < -0.4 is 5.73 Å². The van der Waals surface area contributed by atoms with Gasteiger partial charge in [-0.2, -0.15) is 0 Å². The van der Waals surface area contributed by atoms with Crippen molar-refractivity contribution in [2.24, 2.45) is 5.73 Å². The second-order valence-corrected chi connectivity index (χ2v) is 3.49. The van der Waals surface area contributed by atoms with Crippen molar-refractivity contribution in [3.8, 4) is 0 Å². The molecule has 0 aliphatic heterocycles. The Kier molecular flexibility index (Phi) is 6.24. The molecule has 0 bridgehead atoms. The van der Waals surface area contributed by atoms with E-state index in [1.54, 1.807) is 0 Å². The Bertz CT molecular complexity index is 162. The van der Waals surface area contributed by atoms with E-state index < -0.39 is 0 Å². The summed E-state index contributed by atoms with van der Waals surface area (Å²) in [5.41, 5.74) is 6.20. The van der Waals surface area contributed by atoms with Crippen LogP contribution in [-0.4, -0.2) is 30.4 Å². The first-order chi connectivity index (χ1) is 6.06. The van der Waals surface area contributed by atoms with Crippen molar-refractivity contribution >= 4 is 5.91 Å². The summed E-state index contributed by atoms with van der Waals surface area (Å²) in [5, 5.41) is 0. The van der Waals surface area contributed by atoms with E-state index in [-0.39, 0.29) is 5.91 Å². The molecule has 0 aromatic rings. The number of nitrogens with two attached hydrogens (primary N) is 1. The summed E-state index contributed by atoms with van der Waals surface area (Å²) < 4.78 is 0. The molecule has 0 rings (SSSR count). The van der Waals surface area contributed by atoms with Crippen molar-refractivity contribution in [2.75, 3.05) is 19.6 Å². The summed E-state index contributed by atoms with van der Waals surface area (Å²) in [5.74, 6) is -0.266. The van der Waals surface area contributed by atoms with Crippen molar-refractivity contribution in [3.63, 3.8) is 0 Å². The SMILES string of the molecule is C=C(C)CN(CCCC)CC(N)=O. The van der Waals surface area contributed by atoms with Crippen molar-refractivity contribution < 1.29 is 4.79 Å². The smallest absolute Gasteiger partial charge is 0.231 e. The van der Waals surface area contributed by atoms with Gasteiger partial charge in [0, 0.05) is 6.54 Å². The van der Waals surface area contributed by atoms with Gasteiger partial charge in [0.25, 0.3) is 0 Å². The molecule has 0 aliphatic carbocycles. The van der Waals surface area contributed by atoms with Gasteiger partial charge in [0.15, 0.2) is 0 Å². The van der Waals surface area contributed by atoms with Crippen LogP contribution in [-0.2, 0) is 4.79 Å². The lowest BCUT2D eigenvalue weighted by Crippen LogP contribution is -2.35. The van der Waals surface area contributed by atoms with Crippen molar-refractivity contribution in [1.82, 2.24) is 4.90 Å². The third-order valence-corrected chi connectivity index (χ3v) is 1.70. The average Bonchev–Trinajstić information content (AvgIpc) is 1.98. The molecule has 1 amide bonds. The average molecular weight is 184 g/mol. The zero-order chi connectivity index (χ0) is 10.3. The molecule has 0 saturated heterocycles. The van der Waals surface area contributed by atoms with Gasteiger partial charge >= 0.3 is 0 Å². The highest BCUT2D eigenvalue weighted by molar-refractivity contribution is 5.75. The van der Waals surface area contributed by atoms with Gasteiger partial charge in [0.05, 0.1) is 6.54 Å². The second kappa shape index (κ2) is 6.66. The maximum Gasteiger partial charge on any atom is 0.231 e. The van der Waals surface area contributed by atoms with Crippen LogP contribution in [0.5, 0.6) is 0 Å². The molecule has 2 N–H and O–H groups in total. The second-order valence-electron chi connectivity index (χ2n) is 3.49. The molecule has 0 aliphatic rings. The van der Waals surface area contributed by atoms with Crippen LogP contribution in [0.25, 0.3) is 0 Å². The van der Waals surface area contributed by atoms with E-state index >= 15 is 0 Å². The van der Waals surface area contributed by atoms with Gasteiger partial charge in [-0.25, -0.2) is 0 Å². The largest absolute Gasteiger partial charge is 0.369 e. The first-order valence-electron chi connectivity index (χ1n) is 4.71. The van der Waals surface area contributed by atoms with Crippen LogP contribution in [0, 0.1) is 0 Å². The summed E-state index contributed by atoms with van der Waals surface area (Å²) in [6.07, 6.45) is 2.23. The minimum absolute atomic E-state index is 0.266. The molecule has 3 nitrogen and oxygen atoms in total. The maximum atomic E-state index is 10.7. The van der Waals surface area contributed by atoms with E-state index in [2.05, 4.69) is 13.5 Å². The zero-order valence-corrected chi connectivity index (χ0v) is 8.68. The van der Waals surface area contributed by atoms with E-state index in [0.29, 0.717) is 6.54 Å². The molecule has 13 heavy (non-hydrogen) atoms. The van der Waals surface area contributed by atoms with E-state index in [1.165, 1.54) is 0 Å². The van der Waals surface area contributed by atoms with Crippen LogP contribution in [0.3, 0.4) is 0 Å². The van der Waals surface area contributed by atoms with Crippen LogP contribution >= 0.6 is 0 Å². The molecule has 0 radical (unpaired) electrons. The molecule has 76 valence electrons. The maximum absolute atomic E-state index is 10.7. The first kappa shape index (κ1) is 12.2. The van der Waals surface area contributed by atoms with Crippen LogP contribution in [0.4, 0.5) is 0 Å². The number of hydrogen-bond acceptors (Lipinski definition) is 2. The molecular weight excluding hydrogens is 164 g/mol. The number of unbranched alkanes of at least 4 members (excludes halogenated alkanes) is 1. The Morgan fingerprint density at radius 3 is 2.46 bits per heavy atom. The van der Waals surface area contributed by atoms with E-state index in [1.807, 2.05) is 11.8 Å². The highest BCUT2D eigenvalue weighted by Gasteiger charge is 2.06. The molecule has 0 unspecified atom stereocenters. The molecule has 0 aromatic carbocycles. The number of carbonyl (C=O) groups is 1. The van der Waals surface area contributed by atoms with Gasteiger partial charge in [-0.1, -0.05) is 25.5 Å². The molecule has 0 fully saturated rings. The predicted molar refractivity (Wildman–Crippen MR) is 55.4 cm³/mol. The Hall–Kier alpha value is -0.830. The standard InChI is InChI=1S/C10H20N2O/c1-4-5-6-12(7-9(2)3)8-10(11)13/h2,4-8H2,1,3H3,(H2,11,13). The van der Waals surface area contributed by atoms with Gasteiger partial charge in [0.2, 0.25) is 5.91 Å². The predicted octanol–water partition coefficient (Wildman–Crippen LogP) is 1.15. The number of primary amides is 1. The van der Waals surface area contributed by atoms with Gasteiger partial charge < -0.3 is 5.73 Å². The van der Waals surface area contributed by atoms with Crippen molar-refractivity contribution in [3.05, 3.63) is 12.2 Å². The minimum Gasteiger partial charge on any atom is -0.369 e. The lowest BCUT2D eigenvalue weighted by molar-refractivity contribution is -0.119. The molecule has 0 atom stereocenters. The Balaban J connectivity index is 3.87. The highest BCUT2D eigenvalue weighted by atomic mass is 16.1. The first-order valence-corrected chi connectivity index (χ1v) is 4.71. The summed E-state index contributed by atoms with van der Waals surface area (Å²) in [6, 6.07) is 0. The van der Waals surface area contributed by atoms with Crippen LogP contribution in [0.2, 0.25) is 0 Å². The van der Waals surface area contributed by atoms with Crippen LogP contribution in [0.1, 0.15) is 26.7 Å². The summed E-state index contributed by atoms with van der Waals surface area (Å²) in [7, 11) is 0. The Labute approximate surface area is 80.6 Å². The van der Waals surface area contributed by atoms with E-state index in [4.69, 9.17) is 5.73 Å². The fraction of sp³-hybridized carbons (Fsp3) is 0.700. The van der Waals surface area contributed by atoms with E-state index in [0.717, 1.165) is 31.5 Å². The molecular formula is C10H20N2O. The minimum atomic E-state index is -0.266. The van der Waals surface area contributed by atoms with E-state index in [9.17, 15) is 4.79 Å². The quantitative estimate of drug-likeness (QED) is 0.603. The normalized spacial score (nSPS) is 10.4. The number of amides is 1. The zero-order valence-electron chi connectivity index (χ0n) is 8.68. The monoisotopic (exact) mass is 184 g/mol. The number of carbonyl (C=O) groups excluding carboxylic acids is 1. The fourth-order valence-electron chi connectivity index (χ4n) is 1.20. The molecule has 0 aromatic heterocycles. The van der Waals surface area contributed by atoms with Crippen LogP contribution in [0.15, 0.2) is 12.2 Å². The fourth-order valence-corrected chi connectivity index (χ4v) is 1.20. The molecule has 0 spiro atoms. The number of hydrogen-bond donors (Lipinski definition) is 1. The third kappa shape index (κ3) is 7.53. The van der Waals surface area contributed by atoms with Gasteiger partial charge in [-0.05, 0) is 19.9 Å². The lowest BCUT2D eigenvalue weighted by atomic mass is 10.2. The van der Waals surface area contributed by atoms with Crippen molar-refractivity contribution in [1.29, 1.82) is 0 Å². The highest BCUT2D eigenvalue weighted by Crippen LogP contribution is 1.98. The van der Waals surface area contributed by atoms with Gasteiger partial charge in [0.1, 0.15) is 0 Å². The number of rotatable bonds is 7. The molecule has 3 heteroatoms. The van der Waals surface area contributed by atoms with Gasteiger partial charge in [-0.15, -0.1) is 0 Å². The van der Waals surface area contributed by atoms with Crippen molar-refractivity contribution in [2.45, 2.75) is 26.7 Å². The van der Waals surface area contributed by atoms with Gasteiger partial charge in [-0.3, -0.25) is 9.69 Å². The Morgan fingerprint density at radius 2 is 2.08 bits per heavy atom. The summed E-state index contributed by atoms with van der Waals surface area (Å²) in [4.78, 5) is 12.7. The lowest BCUT2D eigenvalue weighted by Gasteiger charge is -2.20. The summed E-state index contributed by atoms with van der Waals surface area (Å²) in [6.45, 7) is 9.93. The molecule has 0 saturated carbocycles.